The molecule has 0 saturated heterocycles. The van der Waals surface area contributed by atoms with Crippen molar-refractivity contribution in [3.8, 4) is 16.9 Å². The van der Waals surface area contributed by atoms with Gasteiger partial charge in [-0.25, -0.2) is 4.72 Å². The average molecular weight is 429 g/mol. The molecule has 152 valence electrons. The largest absolute Gasteiger partial charge is 0.489 e. The smallest absolute Gasteiger partial charge is 0.119 e. The van der Waals surface area contributed by atoms with Gasteiger partial charge in [0.1, 0.15) is 12.4 Å². The van der Waals surface area contributed by atoms with Gasteiger partial charge in [0.15, 0.2) is 0 Å². The number of nitrogens with one attached hydrogen (secondary N) is 1. The molecule has 0 bridgehead atoms. The lowest BCUT2D eigenvalue weighted by molar-refractivity contribution is 0.304. The molecule has 0 saturated carbocycles. The topological polar surface area (TPSA) is 56.5 Å². The predicted octanol–water partition coefficient (Wildman–Crippen LogP) is 5.87. The highest BCUT2D eigenvalue weighted by molar-refractivity contribution is 7.95. The first-order chi connectivity index (χ1) is 14.1. The monoisotopic (exact) mass is 428 g/mol. The molecule has 4 nitrogen and oxygen atoms in total. The zero-order chi connectivity index (χ0) is 20.6. The minimum absolute atomic E-state index is 0.0921. The Bertz CT molecular complexity index is 908. The van der Waals surface area contributed by atoms with E-state index in [0.717, 1.165) is 29.0 Å². The fraction of sp³-hybridized carbons (Fsp3) is 0.217. The van der Waals surface area contributed by atoms with Gasteiger partial charge in [0.05, 0.1) is 24.5 Å². The number of nitrogens with two attached hydrogens (primary N) is 1. The summed E-state index contributed by atoms with van der Waals surface area (Å²) in [5.74, 6) is 0.803. The zero-order valence-corrected chi connectivity index (χ0v) is 18.1. The molecule has 0 aliphatic rings. The molecule has 0 fully saturated rings. The van der Waals surface area contributed by atoms with Gasteiger partial charge in [-0.1, -0.05) is 48.5 Å². The van der Waals surface area contributed by atoms with Crippen LogP contribution in [-0.2, 0) is 10.9 Å². The second kappa shape index (κ2) is 10.7. The van der Waals surface area contributed by atoms with Crippen molar-refractivity contribution in [2.24, 2.45) is 5.14 Å². The van der Waals surface area contributed by atoms with E-state index in [-0.39, 0.29) is 6.04 Å². The lowest BCUT2D eigenvalue weighted by Crippen LogP contribution is -2.20. The Labute approximate surface area is 181 Å². The fourth-order valence-electron chi connectivity index (χ4n) is 3.39. The van der Waals surface area contributed by atoms with Crippen LogP contribution < -0.4 is 14.6 Å². The van der Waals surface area contributed by atoms with Crippen LogP contribution in [0.3, 0.4) is 0 Å². The van der Waals surface area contributed by atoms with Crippen molar-refractivity contribution >= 4 is 24.0 Å². The second-order valence-corrected chi connectivity index (χ2v) is 7.58. The Morgan fingerprint density at radius 2 is 1.69 bits per heavy atom. The molecule has 0 heterocycles. The van der Waals surface area contributed by atoms with Crippen LogP contribution in [0.15, 0.2) is 66.7 Å². The number of rotatable bonds is 9. The summed E-state index contributed by atoms with van der Waals surface area (Å²) in [6, 6.07) is 22.6. The second-order valence-electron chi connectivity index (χ2n) is 6.89. The predicted molar refractivity (Wildman–Crippen MR) is 122 cm³/mol. The normalized spacial score (nSPS) is 12.0. The number of halogens is 1. The van der Waals surface area contributed by atoms with Gasteiger partial charge in [-0.3, -0.25) is 9.43 Å². The molecule has 0 aliphatic heterocycles. The Balaban J connectivity index is 1.69. The van der Waals surface area contributed by atoms with Crippen molar-refractivity contribution in [1.29, 1.82) is 0 Å². The van der Waals surface area contributed by atoms with Crippen LogP contribution in [0.2, 0.25) is 0 Å². The van der Waals surface area contributed by atoms with Crippen molar-refractivity contribution in [2.45, 2.75) is 26.5 Å². The Kier molecular flexibility index (Phi) is 7.98. The zero-order valence-electron chi connectivity index (χ0n) is 16.5. The van der Waals surface area contributed by atoms with Gasteiger partial charge < -0.3 is 4.74 Å². The molecule has 0 amide bonds. The molecule has 3 aromatic rings. The highest BCUT2D eigenvalue weighted by Crippen LogP contribution is 2.28. The van der Waals surface area contributed by atoms with Gasteiger partial charge in [0, 0.05) is 12.1 Å². The van der Waals surface area contributed by atoms with Crippen LogP contribution in [0.25, 0.3) is 11.1 Å². The van der Waals surface area contributed by atoms with E-state index in [1.54, 1.807) is 0 Å². The number of hydrogen-bond donors (Lipinski definition) is 2. The summed E-state index contributed by atoms with van der Waals surface area (Å²) in [7, 11) is 0. The Morgan fingerprint density at radius 1 is 1.00 bits per heavy atom. The van der Waals surface area contributed by atoms with Crippen molar-refractivity contribution in [2.75, 3.05) is 6.61 Å². The molecule has 1 unspecified atom stereocenters. The van der Waals surface area contributed by atoms with Crippen LogP contribution in [0, 0.1) is 13.8 Å². The summed E-state index contributed by atoms with van der Waals surface area (Å²) in [5, 5.41) is 5.49. The van der Waals surface area contributed by atoms with Crippen LogP contribution in [-0.4, -0.2) is 6.61 Å². The van der Waals surface area contributed by atoms with Crippen LogP contribution in [0.5, 0.6) is 5.75 Å². The van der Waals surface area contributed by atoms with Gasteiger partial charge in [-0.2, -0.15) is 0 Å². The highest BCUT2D eigenvalue weighted by Gasteiger charge is 2.11. The van der Waals surface area contributed by atoms with E-state index in [1.165, 1.54) is 22.3 Å². The van der Waals surface area contributed by atoms with Gasteiger partial charge in [-0.05, 0) is 65.4 Å². The molecule has 6 heteroatoms. The maximum Gasteiger partial charge on any atom is 0.119 e. The minimum Gasteiger partial charge on any atom is -0.489 e. The maximum absolute atomic E-state index is 5.99. The molecule has 0 aliphatic carbocycles. The van der Waals surface area contributed by atoms with Crippen molar-refractivity contribution in [1.82, 2.24) is 4.72 Å². The summed E-state index contributed by atoms with van der Waals surface area (Å²) in [6.45, 7) is 5.11. The van der Waals surface area contributed by atoms with Gasteiger partial charge in [0.25, 0.3) is 0 Å². The Hall–Kier alpha value is -2.02. The third-order valence-electron chi connectivity index (χ3n) is 4.82. The van der Waals surface area contributed by atoms with Crippen LogP contribution >= 0.6 is 24.0 Å². The van der Waals surface area contributed by atoms with E-state index in [0.29, 0.717) is 13.2 Å². The van der Waals surface area contributed by atoms with E-state index in [9.17, 15) is 0 Å². The average Bonchev–Trinajstić information content (AvgIpc) is 2.73. The molecule has 1 atom stereocenters. The van der Waals surface area contributed by atoms with E-state index in [4.69, 9.17) is 26.0 Å². The molecule has 29 heavy (non-hydrogen) atoms. The summed E-state index contributed by atoms with van der Waals surface area (Å²) in [5.41, 5.74) is 7.21. The van der Waals surface area contributed by atoms with Gasteiger partial charge >= 0.3 is 0 Å². The highest BCUT2D eigenvalue weighted by atomic mass is 35.5. The van der Waals surface area contributed by atoms with Gasteiger partial charge in [0.2, 0.25) is 0 Å². The molecule has 0 aromatic heterocycles. The quantitative estimate of drug-likeness (QED) is 0.417. The molecule has 0 radical (unpaired) electrons. The van der Waals surface area contributed by atoms with Gasteiger partial charge in [-0.15, -0.1) is 0 Å². The molecule has 3 aromatic carbocycles. The van der Waals surface area contributed by atoms with Crippen molar-refractivity contribution in [3.05, 3.63) is 89.0 Å². The molecular formula is C23H25ClN2O2S. The first-order valence-corrected chi connectivity index (χ1v) is 10.5. The summed E-state index contributed by atoms with van der Waals surface area (Å²) in [6.07, 6.45) is 0. The molecule has 3 rings (SSSR count). The summed E-state index contributed by atoms with van der Waals surface area (Å²) < 4.78 is 13.8. The first-order valence-electron chi connectivity index (χ1n) is 9.35. The van der Waals surface area contributed by atoms with E-state index in [1.807, 2.05) is 24.3 Å². The Morgan fingerprint density at radius 3 is 2.34 bits per heavy atom. The third-order valence-corrected chi connectivity index (χ3v) is 5.37. The molecule has 3 N–H and O–H groups in total. The maximum atomic E-state index is 5.99. The first kappa shape index (κ1) is 21.7. The van der Waals surface area contributed by atoms with Crippen molar-refractivity contribution < 1.29 is 9.03 Å². The molecule has 0 spiro atoms. The van der Waals surface area contributed by atoms with E-state index < -0.39 is 0 Å². The number of benzene rings is 3. The van der Waals surface area contributed by atoms with Crippen LogP contribution in [0.4, 0.5) is 0 Å². The number of ether oxygens (including phenoxy) is 1. The molecular weight excluding hydrogens is 404 g/mol. The number of hydrogen-bond acceptors (Lipinski definition) is 5. The third kappa shape index (κ3) is 5.75. The van der Waals surface area contributed by atoms with E-state index >= 15 is 0 Å². The van der Waals surface area contributed by atoms with E-state index in [2.05, 4.69) is 61.0 Å². The standard InChI is InChI=1S/C23H25ClN2O2S/c1-16-5-3-6-17(2)23(16)20-8-4-7-18(13-20)14-27-21-11-9-19(10-12-21)22(15-28-24)26-29-25/h3-13,22,26H,14-15,25H2,1-2H3. The fourth-order valence-corrected chi connectivity index (χ4v) is 3.89. The summed E-state index contributed by atoms with van der Waals surface area (Å²) >= 11 is 6.43. The lowest BCUT2D eigenvalue weighted by Gasteiger charge is -2.16. The van der Waals surface area contributed by atoms with Crippen molar-refractivity contribution in [3.63, 3.8) is 0 Å². The lowest BCUT2D eigenvalue weighted by atomic mass is 9.95. The summed E-state index contributed by atoms with van der Waals surface area (Å²) in [4.78, 5) is 0. The SMILES string of the molecule is Cc1cccc(C)c1-c1cccc(COc2ccc(C(COCl)NSN)cc2)c1. The van der Waals surface area contributed by atoms with Crippen LogP contribution in [0.1, 0.15) is 28.3 Å². The minimum atomic E-state index is -0.0921. The number of aryl methyl sites for hydroxylation is 2.